The largest absolute Gasteiger partial charge is 0.393 e. The summed E-state index contributed by atoms with van der Waals surface area (Å²) in [6.07, 6.45) is 3.56. The normalized spacial score (nSPS) is 24.4. The number of carbonyl (C=O) groups is 1. The average molecular weight is 198 g/mol. The van der Waals surface area contributed by atoms with Crippen LogP contribution in [0.2, 0.25) is 0 Å². The quantitative estimate of drug-likeness (QED) is 0.621. The lowest BCUT2D eigenvalue weighted by Gasteiger charge is -2.32. The van der Waals surface area contributed by atoms with E-state index in [9.17, 15) is 9.90 Å². The summed E-state index contributed by atoms with van der Waals surface area (Å²) in [7, 11) is 0. The van der Waals surface area contributed by atoms with Crippen LogP contribution in [0.25, 0.3) is 0 Å². The van der Waals surface area contributed by atoms with Crippen LogP contribution in [0.15, 0.2) is 0 Å². The first kappa shape index (κ1) is 9.77. The lowest BCUT2D eigenvalue weighted by molar-refractivity contribution is 0.0839. The number of hydrogen-bond donors (Lipinski definition) is 1. The zero-order valence-electron chi connectivity index (χ0n) is 8.48. The lowest BCUT2D eigenvalue weighted by Crippen LogP contribution is -2.46. The first-order valence-corrected chi connectivity index (χ1v) is 5.49. The Labute approximate surface area is 84.5 Å². The number of urea groups is 1. The van der Waals surface area contributed by atoms with Crippen molar-refractivity contribution in [3.05, 3.63) is 0 Å². The van der Waals surface area contributed by atoms with Crippen molar-refractivity contribution in [2.45, 2.75) is 31.8 Å². The summed E-state index contributed by atoms with van der Waals surface area (Å²) in [4.78, 5) is 15.7. The molecule has 0 atom stereocenters. The topological polar surface area (TPSA) is 43.8 Å². The molecule has 2 saturated heterocycles. The Bertz CT molecular complexity index is 206. The highest BCUT2D eigenvalue weighted by molar-refractivity contribution is 5.74. The van der Waals surface area contributed by atoms with Gasteiger partial charge in [0.25, 0.3) is 0 Å². The Morgan fingerprint density at radius 3 is 2.07 bits per heavy atom. The minimum Gasteiger partial charge on any atom is -0.393 e. The van der Waals surface area contributed by atoms with E-state index in [1.807, 2.05) is 9.80 Å². The maximum atomic E-state index is 11.9. The number of aliphatic hydroxyl groups excluding tert-OH is 1. The lowest BCUT2D eigenvalue weighted by atomic mass is 10.1. The molecule has 0 radical (unpaired) electrons. The third kappa shape index (κ3) is 2.00. The molecule has 0 spiro atoms. The molecular formula is C10H18N2O2. The number of aliphatic hydroxyl groups is 1. The highest BCUT2D eigenvalue weighted by Crippen LogP contribution is 2.15. The third-order valence-corrected chi connectivity index (χ3v) is 3.11. The molecule has 0 aromatic heterocycles. The Hall–Kier alpha value is -0.770. The first-order chi connectivity index (χ1) is 6.77. The van der Waals surface area contributed by atoms with Crippen molar-refractivity contribution in [1.82, 2.24) is 9.80 Å². The van der Waals surface area contributed by atoms with Crippen molar-refractivity contribution in [1.29, 1.82) is 0 Å². The maximum absolute atomic E-state index is 11.9. The van der Waals surface area contributed by atoms with E-state index in [0.29, 0.717) is 0 Å². The molecule has 14 heavy (non-hydrogen) atoms. The van der Waals surface area contributed by atoms with Gasteiger partial charge in [0.05, 0.1) is 6.10 Å². The molecule has 2 heterocycles. The van der Waals surface area contributed by atoms with E-state index in [1.165, 1.54) is 0 Å². The summed E-state index contributed by atoms with van der Waals surface area (Å²) < 4.78 is 0. The minimum atomic E-state index is -0.197. The summed E-state index contributed by atoms with van der Waals surface area (Å²) in [5, 5.41) is 9.32. The summed E-state index contributed by atoms with van der Waals surface area (Å²) >= 11 is 0. The van der Waals surface area contributed by atoms with E-state index in [4.69, 9.17) is 0 Å². The van der Waals surface area contributed by atoms with Gasteiger partial charge < -0.3 is 14.9 Å². The molecule has 4 heteroatoms. The highest BCUT2D eigenvalue weighted by Gasteiger charge is 2.26. The molecule has 80 valence electrons. The molecule has 2 aliphatic rings. The predicted molar refractivity (Wildman–Crippen MR) is 53.0 cm³/mol. The first-order valence-electron chi connectivity index (χ1n) is 5.49. The Morgan fingerprint density at radius 2 is 1.50 bits per heavy atom. The van der Waals surface area contributed by atoms with Crippen LogP contribution < -0.4 is 0 Å². The number of amides is 2. The molecule has 2 amide bonds. The molecule has 0 aromatic rings. The molecule has 4 nitrogen and oxygen atoms in total. The summed E-state index contributed by atoms with van der Waals surface area (Å²) in [6.45, 7) is 3.27. The van der Waals surface area contributed by atoms with Crippen molar-refractivity contribution in [3.63, 3.8) is 0 Å². The summed E-state index contributed by atoms with van der Waals surface area (Å²) in [6, 6.07) is 0.175. The standard InChI is InChI=1S/C10H18N2O2/c13-9-3-7-12(8-4-9)10(14)11-5-1-2-6-11/h9,13H,1-8H2. The van der Waals surface area contributed by atoms with E-state index in [1.54, 1.807) is 0 Å². The minimum absolute atomic E-state index is 0.175. The van der Waals surface area contributed by atoms with Crippen LogP contribution in [0, 0.1) is 0 Å². The molecule has 0 bridgehead atoms. The second-order valence-electron chi connectivity index (χ2n) is 4.19. The van der Waals surface area contributed by atoms with Crippen molar-refractivity contribution >= 4 is 6.03 Å². The molecular weight excluding hydrogens is 180 g/mol. The monoisotopic (exact) mass is 198 g/mol. The molecule has 0 aromatic carbocycles. The highest BCUT2D eigenvalue weighted by atomic mass is 16.3. The molecule has 0 saturated carbocycles. The average Bonchev–Trinajstić information content (AvgIpc) is 2.71. The fourth-order valence-corrected chi connectivity index (χ4v) is 2.17. The Balaban J connectivity index is 1.85. The van der Waals surface area contributed by atoms with Crippen LogP contribution in [0.4, 0.5) is 4.79 Å². The van der Waals surface area contributed by atoms with Crippen molar-refractivity contribution in [2.24, 2.45) is 0 Å². The van der Waals surface area contributed by atoms with Crippen LogP contribution >= 0.6 is 0 Å². The van der Waals surface area contributed by atoms with Crippen LogP contribution in [0.3, 0.4) is 0 Å². The smallest absolute Gasteiger partial charge is 0.320 e. The number of hydrogen-bond acceptors (Lipinski definition) is 2. The maximum Gasteiger partial charge on any atom is 0.320 e. The van der Waals surface area contributed by atoms with Gasteiger partial charge in [-0.05, 0) is 25.7 Å². The van der Waals surface area contributed by atoms with Crippen LogP contribution in [0.5, 0.6) is 0 Å². The van der Waals surface area contributed by atoms with E-state index in [-0.39, 0.29) is 12.1 Å². The number of piperidine rings is 1. The summed E-state index contributed by atoms with van der Waals surface area (Å²) in [5.41, 5.74) is 0. The van der Waals surface area contributed by atoms with Crippen LogP contribution in [-0.2, 0) is 0 Å². The van der Waals surface area contributed by atoms with Gasteiger partial charge >= 0.3 is 6.03 Å². The van der Waals surface area contributed by atoms with Gasteiger partial charge in [0.15, 0.2) is 0 Å². The van der Waals surface area contributed by atoms with Crippen molar-refractivity contribution in [2.75, 3.05) is 26.2 Å². The SMILES string of the molecule is O=C(N1CCCC1)N1CCC(O)CC1. The fraction of sp³-hybridized carbons (Fsp3) is 0.900. The summed E-state index contributed by atoms with van der Waals surface area (Å²) in [5.74, 6) is 0. The number of nitrogens with zero attached hydrogens (tertiary/aromatic N) is 2. The second-order valence-corrected chi connectivity index (χ2v) is 4.19. The molecule has 0 unspecified atom stereocenters. The van der Waals surface area contributed by atoms with Gasteiger partial charge in [-0.2, -0.15) is 0 Å². The van der Waals surface area contributed by atoms with Gasteiger partial charge in [-0.1, -0.05) is 0 Å². The van der Waals surface area contributed by atoms with E-state index in [2.05, 4.69) is 0 Å². The van der Waals surface area contributed by atoms with Gasteiger partial charge in [0.1, 0.15) is 0 Å². The third-order valence-electron chi connectivity index (χ3n) is 3.11. The Morgan fingerprint density at radius 1 is 1.00 bits per heavy atom. The molecule has 2 rings (SSSR count). The van der Waals surface area contributed by atoms with E-state index in [0.717, 1.165) is 51.9 Å². The van der Waals surface area contributed by atoms with Crippen LogP contribution in [-0.4, -0.2) is 53.2 Å². The van der Waals surface area contributed by atoms with E-state index < -0.39 is 0 Å². The second kappa shape index (κ2) is 4.17. The molecule has 0 aliphatic carbocycles. The fourth-order valence-electron chi connectivity index (χ4n) is 2.17. The number of rotatable bonds is 0. The van der Waals surface area contributed by atoms with Gasteiger partial charge in [0, 0.05) is 26.2 Å². The van der Waals surface area contributed by atoms with Gasteiger partial charge in [-0.25, -0.2) is 4.79 Å². The van der Waals surface area contributed by atoms with Gasteiger partial charge in [0.2, 0.25) is 0 Å². The van der Waals surface area contributed by atoms with Crippen LogP contribution in [0.1, 0.15) is 25.7 Å². The number of carbonyl (C=O) groups excluding carboxylic acids is 1. The molecule has 2 fully saturated rings. The van der Waals surface area contributed by atoms with Gasteiger partial charge in [-0.3, -0.25) is 0 Å². The van der Waals surface area contributed by atoms with Gasteiger partial charge in [-0.15, -0.1) is 0 Å². The Kier molecular flexibility index (Phi) is 2.91. The molecule has 2 aliphatic heterocycles. The number of likely N-dealkylation sites (tertiary alicyclic amines) is 2. The van der Waals surface area contributed by atoms with E-state index >= 15 is 0 Å². The predicted octanol–water partition coefficient (Wildman–Crippen LogP) is 0.659. The molecule has 1 N–H and O–H groups in total. The zero-order valence-corrected chi connectivity index (χ0v) is 8.48. The van der Waals surface area contributed by atoms with Crippen molar-refractivity contribution in [3.8, 4) is 0 Å². The zero-order chi connectivity index (χ0) is 9.97. The van der Waals surface area contributed by atoms with Crippen molar-refractivity contribution < 1.29 is 9.90 Å².